The van der Waals surface area contributed by atoms with E-state index in [1.807, 2.05) is 48.1 Å². The number of aliphatic hydroxyl groups excluding tert-OH is 1. The van der Waals surface area contributed by atoms with Crippen LogP contribution in [0.3, 0.4) is 0 Å². The van der Waals surface area contributed by atoms with Gasteiger partial charge < -0.3 is 19.3 Å². The van der Waals surface area contributed by atoms with Crippen molar-refractivity contribution in [2.24, 2.45) is 7.05 Å². The molecule has 1 saturated heterocycles. The van der Waals surface area contributed by atoms with E-state index in [2.05, 4.69) is 33.0 Å². The number of nitrogens with zero attached hydrogens (tertiary/aromatic N) is 4. The molecule has 1 aliphatic heterocycles. The lowest BCUT2D eigenvalue weighted by Crippen LogP contribution is -2.46. The van der Waals surface area contributed by atoms with Gasteiger partial charge in [0.2, 0.25) is 0 Å². The average molecular weight is 393 g/mol. The van der Waals surface area contributed by atoms with Gasteiger partial charge in [0, 0.05) is 63.4 Å². The molecule has 0 radical (unpaired) electrons. The maximum absolute atomic E-state index is 10.9. The quantitative estimate of drug-likeness (QED) is 0.699. The third-order valence-corrected chi connectivity index (χ3v) is 5.61. The Morgan fingerprint density at radius 1 is 1.03 bits per heavy atom. The molecule has 1 aromatic heterocycles. The number of aliphatic hydroxyl groups is 1. The second-order valence-corrected chi connectivity index (χ2v) is 7.47. The van der Waals surface area contributed by atoms with Crippen LogP contribution in [0.15, 0.2) is 60.9 Å². The Labute approximate surface area is 172 Å². The van der Waals surface area contributed by atoms with Gasteiger partial charge in [0.05, 0.1) is 7.11 Å². The van der Waals surface area contributed by atoms with Crippen molar-refractivity contribution < 1.29 is 9.84 Å². The van der Waals surface area contributed by atoms with Gasteiger partial charge in [0.1, 0.15) is 17.7 Å². The molecule has 6 heteroatoms. The Bertz CT molecular complexity index is 930. The van der Waals surface area contributed by atoms with Crippen LogP contribution in [0.4, 0.5) is 5.69 Å². The molecule has 1 N–H and O–H groups in total. The molecule has 2 aromatic carbocycles. The van der Waals surface area contributed by atoms with Crippen molar-refractivity contribution in [3.05, 3.63) is 77.9 Å². The molecule has 0 saturated carbocycles. The van der Waals surface area contributed by atoms with Crippen molar-refractivity contribution in [3.63, 3.8) is 0 Å². The van der Waals surface area contributed by atoms with Crippen LogP contribution in [0.25, 0.3) is 0 Å². The number of hydrogen-bond donors (Lipinski definition) is 1. The zero-order valence-electron chi connectivity index (χ0n) is 17.0. The third-order valence-electron chi connectivity index (χ3n) is 5.61. The summed E-state index contributed by atoms with van der Waals surface area (Å²) < 4.78 is 7.11. The smallest absolute Gasteiger partial charge is 0.142 e. The summed E-state index contributed by atoms with van der Waals surface area (Å²) in [5.41, 5.74) is 3.29. The molecule has 1 atom stereocenters. The standard InChI is InChI=1S/C23H28N4O2/c1-25-12-11-24-23(25)22(28)20-5-3-4-6-21(20)27-15-13-26(14-16-27)17-18-7-9-19(29-2)10-8-18/h3-12,22,28H,13-17H2,1-2H3/t22-/m0/s1. The minimum absolute atomic E-state index is 0.663. The maximum Gasteiger partial charge on any atom is 0.142 e. The highest BCUT2D eigenvalue weighted by Gasteiger charge is 2.23. The summed E-state index contributed by atoms with van der Waals surface area (Å²) in [6.07, 6.45) is 2.85. The molecule has 3 aromatic rings. The number of hydrogen-bond acceptors (Lipinski definition) is 5. The van der Waals surface area contributed by atoms with Crippen molar-refractivity contribution in [2.75, 3.05) is 38.2 Å². The predicted octanol–water partition coefficient (Wildman–Crippen LogP) is 2.83. The van der Waals surface area contributed by atoms with Gasteiger partial charge in [-0.2, -0.15) is 0 Å². The molecule has 0 spiro atoms. The zero-order valence-corrected chi connectivity index (χ0v) is 17.0. The molecular formula is C23H28N4O2. The number of methoxy groups -OCH3 is 1. The van der Waals surface area contributed by atoms with Crippen LogP contribution in [0, 0.1) is 0 Å². The van der Waals surface area contributed by atoms with Crippen LogP contribution in [-0.2, 0) is 13.6 Å². The van der Waals surface area contributed by atoms with Crippen LogP contribution in [0.1, 0.15) is 23.1 Å². The van der Waals surface area contributed by atoms with Gasteiger partial charge in [-0.25, -0.2) is 4.98 Å². The third kappa shape index (κ3) is 4.28. The lowest BCUT2D eigenvalue weighted by atomic mass is 10.0. The van der Waals surface area contributed by atoms with Gasteiger partial charge in [-0.3, -0.25) is 4.90 Å². The fourth-order valence-electron chi connectivity index (χ4n) is 3.92. The number of anilines is 1. The molecule has 0 amide bonds. The zero-order chi connectivity index (χ0) is 20.2. The van der Waals surface area contributed by atoms with Crippen LogP contribution < -0.4 is 9.64 Å². The van der Waals surface area contributed by atoms with Crippen molar-refractivity contribution >= 4 is 5.69 Å². The van der Waals surface area contributed by atoms with Gasteiger partial charge in [0.25, 0.3) is 0 Å². The van der Waals surface area contributed by atoms with E-state index in [0.29, 0.717) is 5.82 Å². The number of aryl methyl sites for hydroxylation is 1. The van der Waals surface area contributed by atoms with Crippen LogP contribution >= 0.6 is 0 Å². The summed E-state index contributed by atoms with van der Waals surface area (Å²) in [5.74, 6) is 1.55. The number of imidazole rings is 1. The van der Waals surface area contributed by atoms with Crippen LogP contribution in [0.5, 0.6) is 5.75 Å². The van der Waals surface area contributed by atoms with E-state index in [1.54, 1.807) is 13.3 Å². The molecule has 29 heavy (non-hydrogen) atoms. The first-order valence-electron chi connectivity index (χ1n) is 10.00. The maximum atomic E-state index is 10.9. The molecular weight excluding hydrogens is 364 g/mol. The number of aromatic nitrogens is 2. The highest BCUT2D eigenvalue weighted by atomic mass is 16.5. The summed E-state index contributed by atoms with van der Waals surface area (Å²) in [6.45, 7) is 4.77. The van der Waals surface area contributed by atoms with E-state index in [0.717, 1.165) is 49.7 Å². The van der Waals surface area contributed by atoms with E-state index in [1.165, 1.54) is 5.56 Å². The van der Waals surface area contributed by atoms with Crippen LogP contribution in [0.2, 0.25) is 0 Å². The summed E-state index contributed by atoms with van der Waals surface area (Å²) >= 11 is 0. The Morgan fingerprint density at radius 2 is 1.76 bits per heavy atom. The monoisotopic (exact) mass is 392 g/mol. The molecule has 0 aliphatic carbocycles. The topological polar surface area (TPSA) is 53.8 Å². The number of para-hydroxylation sites is 1. The Morgan fingerprint density at radius 3 is 2.41 bits per heavy atom. The molecule has 1 aliphatic rings. The fourth-order valence-corrected chi connectivity index (χ4v) is 3.92. The molecule has 2 heterocycles. The first-order valence-corrected chi connectivity index (χ1v) is 10.00. The van der Waals surface area contributed by atoms with Crippen LogP contribution in [-0.4, -0.2) is 52.8 Å². The van der Waals surface area contributed by atoms with Gasteiger partial charge in [0.15, 0.2) is 0 Å². The molecule has 0 bridgehead atoms. The molecule has 152 valence electrons. The molecule has 0 unspecified atom stereocenters. The SMILES string of the molecule is COc1ccc(CN2CCN(c3ccccc3[C@H](O)c3nccn3C)CC2)cc1. The average Bonchev–Trinajstić information content (AvgIpc) is 3.20. The van der Waals surface area contributed by atoms with E-state index >= 15 is 0 Å². The largest absolute Gasteiger partial charge is 0.497 e. The predicted molar refractivity (Wildman–Crippen MR) is 114 cm³/mol. The number of piperazine rings is 1. The van der Waals surface area contributed by atoms with Gasteiger partial charge in [-0.1, -0.05) is 30.3 Å². The summed E-state index contributed by atoms with van der Waals surface area (Å²) in [7, 11) is 3.60. The number of benzene rings is 2. The normalized spacial score (nSPS) is 16.0. The summed E-state index contributed by atoms with van der Waals surface area (Å²) in [6, 6.07) is 16.4. The Hall–Kier alpha value is -2.83. The lowest BCUT2D eigenvalue weighted by Gasteiger charge is -2.37. The van der Waals surface area contributed by atoms with Gasteiger partial charge >= 0.3 is 0 Å². The fraction of sp³-hybridized carbons (Fsp3) is 0.348. The first-order chi connectivity index (χ1) is 14.2. The highest BCUT2D eigenvalue weighted by molar-refractivity contribution is 5.56. The van der Waals surface area contributed by atoms with E-state index < -0.39 is 6.10 Å². The van der Waals surface area contributed by atoms with E-state index in [4.69, 9.17) is 4.74 Å². The second kappa shape index (κ2) is 8.68. The number of rotatable bonds is 6. The summed E-state index contributed by atoms with van der Waals surface area (Å²) in [4.78, 5) is 9.16. The Kier molecular flexibility index (Phi) is 5.83. The molecule has 6 nitrogen and oxygen atoms in total. The van der Waals surface area contributed by atoms with Crippen molar-refractivity contribution in [1.82, 2.24) is 14.5 Å². The first kappa shape index (κ1) is 19.5. The van der Waals surface area contributed by atoms with Crippen molar-refractivity contribution in [1.29, 1.82) is 0 Å². The van der Waals surface area contributed by atoms with E-state index in [9.17, 15) is 5.11 Å². The molecule has 4 rings (SSSR count). The summed E-state index contributed by atoms with van der Waals surface area (Å²) in [5, 5.41) is 10.9. The highest BCUT2D eigenvalue weighted by Crippen LogP contribution is 2.30. The van der Waals surface area contributed by atoms with Crippen molar-refractivity contribution in [2.45, 2.75) is 12.6 Å². The minimum Gasteiger partial charge on any atom is -0.497 e. The van der Waals surface area contributed by atoms with E-state index in [-0.39, 0.29) is 0 Å². The second-order valence-electron chi connectivity index (χ2n) is 7.47. The molecule has 1 fully saturated rings. The van der Waals surface area contributed by atoms with Gasteiger partial charge in [-0.15, -0.1) is 0 Å². The lowest BCUT2D eigenvalue weighted by molar-refractivity contribution is 0.205. The minimum atomic E-state index is -0.733. The van der Waals surface area contributed by atoms with Gasteiger partial charge in [-0.05, 0) is 23.8 Å². The Balaban J connectivity index is 1.43. The number of ether oxygens (including phenoxy) is 1. The van der Waals surface area contributed by atoms with Crippen molar-refractivity contribution in [3.8, 4) is 5.75 Å².